The van der Waals surface area contributed by atoms with Crippen LogP contribution in [0.25, 0.3) is 0 Å². The van der Waals surface area contributed by atoms with Gasteiger partial charge >= 0.3 is 6.01 Å². The quantitative estimate of drug-likeness (QED) is 0.522. The minimum Gasteiger partial charge on any atom is -0.461 e. The lowest BCUT2D eigenvalue weighted by molar-refractivity contribution is 0.0738. The van der Waals surface area contributed by atoms with Crippen molar-refractivity contribution < 1.29 is 9.53 Å². The Morgan fingerprint density at radius 3 is 2.76 bits per heavy atom. The summed E-state index contributed by atoms with van der Waals surface area (Å²) in [5.74, 6) is 0.614. The Balaban J connectivity index is 1.18. The van der Waals surface area contributed by atoms with Crippen LogP contribution in [0.1, 0.15) is 34.5 Å². The van der Waals surface area contributed by atoms with Gasteiger partial charge in [-0.2, -0.15) is 15.3 Å². The third-order valence-corrected chi connectivity index (χ3v) is 6.79. The van der Waals surface area contributed by atoms with Crippen molar-refractivity contribution in [3.8, 4) is 12.1 Å². The number of aromatic nitrogens is 5. The van der Waals surface area contributed by atoms with Crippen LogP contribution in [0.15, 0.2) is 41.6 Å². The Morgan fingerprint density at radius 2 is 2.00 bits per heavy atom. The average molecular weight is 502 g/mol. The molecule has 3 aromatic heterocycles. The van der Waals surface area contributed by atoms with Crippen molar-refractivity contribution >= 4 is 17.4 Å². The SMILES string of the molecule is Cc1c(N2CCC[C@H]2COc2nccc(C(=O)N3CCN(c4ccc(C#N)cn4)CC3)n2)cn[nH]c1=O. The monoisotopic (exact) mass is 501 g/mol. The van der Waals surface area contributed by atoms with Crippen molar-refractivity contribution in [2.24, 2.45) is 0 Å². The molecule has 0 saturated carbocycles. The average Bonchev–Trinajstić information content (AvgIpc) is 3.42. The van der Waals surface area contributed by atoms with E-state index in [1.807, 2.05) is 6.07 Å². The van der Waals surface area contributed by atoms with Crippen molar-refractivity contribution in [3.63, 3.8) is 0 Å². The van der Waals surface area contributed by atoms with Crippen LogP contribution in [0.4, 0.5) is 11.5 Å². The number of carbonyl (C=O) groups is 1. The number of nitriles is 1. The smallest absolute Gasteiger partial charge is 0.317 e. The fraction of sp³-hybridized carbons (Fsp3) is 0.400. The van der Waals surface area contributed by atoms with Crippen LogP contribution in [0.3, 0.4) is 0 Å². The summed E-state index contributed by atoms with van der Waals surface area (Å²) in [4.78, 5) is 44.0. The molecule has 3 aromatic rings. The van der Waals surface area contributed by atoms with Crippen LogP contribution in [-0.4, -0.2) is 81.3 Å². The summed E-state index contributed by atoms with van der Waals surface area (Å²) in [6.45, 7) is 5.25. The first kappa shape index (κ1) is 24.2. The van der Waals surface area contributed by atoms with Crippen LogP contribution >= 0.6 is 0 Å². The molecule has 2 aliphatic rings. The molecule has 12 heteroatoms. The number of hydrogen-bond acceptors (Lipinski definition) is 10. The molecule has 1 amide bonds. The first-order valence-corrected chi connectivity index (χ1v) is 12.2. The number of amides is 1. The third-order valence-electron chi connectivity index (χ3n) is 6.79. The number of nitrogens with zero attached hydrogens (tertiary/aromatic N) is 8. The van der Waals surface area contributed by atoms with E-state index in [4.69, 9.17) is 10.00 Å². The van der Waals surface area contributed by atoms with Gasteiger partial charge in [0.1, 0.15) is 24.2 Å². The highest BCUT2D eigenvalue weighted by Crippen LogP contribution is 2.26. The number of aromatic amines is 1. The van der Waals surface area contributed by atoms with Gasteiger partial charge < -0.3 is 19.4 Å². The van der Waals surface area contributed by atoms with Gasteiger partial charge in [0.15, 0.2) is 0 Å². The molecule has 5 rings (SSSR count). The van der Waals surface area contributed by atoms with E-state index in [2.05, 4.69) is 41.0 Å². The molecule has 2 aliphatic heterocycles. The van der Waals surface area contributed by atoms with Gasteiger partial charge in [0.2, 0.25) is 0 Å². The summed E-state index contributed by atoms with van der Waals surface area (Å²) in [7, 11) is 0. The number of carbonyl (C=O) groups excluding carboxylic acids is 1. The maximum atomic E-state index is 13.1. The van der Waals surface area contributed by atoms with Crippen molar-refractivity contribution in [2.75, 3.05) is 49.1 Å². The molecule has 1 N–H and O–H groups in total. The Kier molecular flexibility index (Phi) is 6.93. The number of piperazine rings is 1. The number of ether oxygens (including phenoxy) is 1. The molecule has 0 aromatic carbocycles. The van der Waals surface area contributed by atoms with Gasteiger partial charge in [-0.05, 0) is 38.0 Å². The molecule has 2 fully saturated rings. The zero-order valence-electron chi connectivity index (χ0n) is 20.5. The molecule has 2 saturated heterocycles. The summed E-state index contributed by atoms with van der Waals surface area (Å²) in [6, 6.07) is 7.43. The van der Waals surface area contributed by atoms with E-state index in [0.29, 0.717) is 43.9 Å². The predicted molar refractivity (Wildman–Crippen MR) is 135 cm³/mol. The van der Waals surface area contributed by atoms with Gasteiger partial charge in [0.05, 0.1) is 23.5 Å². The molecule has 0 radical (unpaired) electrons. The molecule has 0 aliphatic carbocycles. The molecule has 190 valence electrons. The molecule has 0 spiro atoms. The van der Waals surface area contributed by atoms with Crippen molar-refractivity contribution in [3.05, 3.63) is 64.0 Å². The number of pyridine rings is 1. The lowest BCUT2D eigenvalue weighted by atomic mass is 10.2. The van der Waals surface area contributed by atoms with Crippen LogP contribution in [-0.2, 0) is 0 Å². The lowest BCUT2D eigenvalue weighted by Crippen LogP contribution is -2.49. The van der Waals surface area contributed by atoms with E-state index in [1.54, 1.807) is 36.4 Å². The first-order valence-electron chi connectivity index (χ1n) is 12.2. The Morgan fingerprint density at radius 1 is 1.16 bits per heavy atom. The fourth-order valence-corrected chi connectivity index (χ4v) is 4.70. The van der Waals surface area contributed by atoms with Gasteiger partial charge in [-0.15, -0.1) is 0 Å². The van der Waals surface area contributed by atoms with Gasteiger partial charge in [0, 0.05) is 50.7 Å². The van der Waals surface area contributed by atoms with E-state index in [1.165, 1.54) is 6.20 Å². The second-order valence-electron chi connectivity index (χ2n) is 9.03. The van der Waals surface area contributed by atoms with Gasteiger partial charge in [0.25, 0.3) is 11.5 Å². The number of anilines is 2. The maximum Gasteiger partial charge on any atom is 0.317 e. The van der Waals surface area contributed by atoms with E-state index in [9.17, 15) is 9.59 Å². The highest BCUT2D eigenvalue weighted by atomic mass is 16.5. The van der Waals surface area contributed by atoms with E-state index >= 15 is 0 Å². The number of nitrogens with one attached hydrogen (secondary N) is 1. The van der Waals surface area contributed by atoms with Crippen LogP contribution in [0.2, 0.25) is 0 Å². The summed E-state index contributed by atoms with van der Waals surface area (Å²) in [5, 5.41) is 15.3. The molecule has 0 bridgehead atoms. The molecular formula is C25H27N9O3. The Labute approximate surface area is 213 Å². The maximum absolute atomic E-state index is 13.1. The number of rotatable bonds is 6. The lowest BCUT2D eigenvalue weighted by Gasteiger charge is -2.35. The molecule has 1 atom stereocenters. The topological polar surface area (TPSA) is 144 Å². The molecule has 5 heterocycles. The van der Waals surface area contributed by atoms with Crippen LogP contribution in [0, 0.1) is 18.3 Å². The van der Waals surface area contributed by atoms with Gasteiger partial charge in [-0.25, -0.2) is 15.1 Å². The normalized spacial score (nSPS) is 17.5. The largest absolute Gasteiger partial charge is 0.461 e. The summed E-state index contributed by atoms with van der Waals surface area (Å²) in [5.41, 5.74) is 2.03. The molecule has 0 unspecified atom stereocenters. The number of hydrogen-bond donors (Lipinski definition) is 1. The van der Waals surface area contributed by atoms with E-state index in [-0.39, 0.29) is 29.2 Å². The first-order chi connectivity index (χ1) is 18.0. The molecular weight excluding hydrogens is 474 g/mol. The van der Waals surface area contributed by atoms with Crippen molar-refractivity contribution in [2.45, 2.75) is 25.8 Å². The minimum absolute atomic E-state index is 0.0502. The predicted octanol–water partition coefficient (Wildman–Crippen LogP) is 1.15. The second-order valence-corrected chi connectivity index (χ2v) is 9.03. The van der Waals surface area contributed by atoms with Crippen molar-refractivity contribution in [1.82, 2.24) is 30.0 Å². The summed E-state index contributed by atoms with van der Waals surface area (Å²) < 4.78 is 5.90. The van der Waals surface area contributed by atoms with Crippen molar-refractivity contribution in [1.29, 1.82) is 5.26 Å². The van der Waals surface area contributed by atoms with Crippen LogP contribution < -0.4 is 20.1 Å². The Bertz CT molecular complexity index is 1360. The summed E-state index contributed by atoms with van der Waals surface area (Å²) in [6.07, 6.45) is 6.64. The van der Waals surface area contributed by atoms with Gasteiger partial charge in [-0.3, -0.25) is 9.59 Å². The summed E-state index contributed by atoms with van der Waals surface area (Å²) >= 11 is 0. The highest BCUT2D eigenvalue weighted by molar-refractivity contribution is 5.92. The minimum atomic E-state index is -0.201. The zero-order valence-corrected chi connectivity index (χ0v) is 20.5. The third kappa shape index (κ3) is 5.20. The van der Waals surface area contributed by atoms with Crippen LogP contribution in [0.5, 0.6) is 6.01 Å². The molecule has 37 heavy (non-hydrogen) atoms. The second kappa shape index (κ2) is 10.6. The Hall–Kier alpha value is -4.53. The van der Waals surface area contributed by atoms with Gasteiger partial charge in [-0.1, -0.05) is 0 Å². The van der Waals surface area contributed by atoms with E-state index < -0.39 is 0 Å². The van der Waals surface area contributed by atoms with E-state index in [0.717, 1.165) is 30.9 Å². The fourth-order valence-electron chi connectivity index (χ4n) is 4.70. The zero-order chi connectivity index (χ0) is 25.8. The number of H-pyrrole nitrogens is 1. The standard InChI is InChI=1S/C25H27N9O3/c1-17-21(15-29-31-23(17)35)34-8-2-3-19(34)16-37-25-27-7-6-20(30-25)24(36)33-11-9-32(10-12-33)22-5-4-18(13-26)14-28-22/h4-7,14-15,19H,2-3,8-12,16H2,1H3,(H,31,35)/t19-/m0/s1. The molecule has 12 nitrogen and oxygen atoms in total. The highest BCUT2D eigenvalue weighted by Gasteiger charge is 2.28.